The van der Waals surface area contributed by atoms with Crippen LogP contribution in [0.15, 0.2) is 24.3 Å². The smallest absolute Gasteiger partial charge is 0.272 e. The molecule has 2 aromatic rings. The molecule has 1 aromatic carbocycles. The summed E-state index contributed by atoms with van der Waals surface area (Å²) >= 11 is 0. The number of hydrogen-bond donors (Lipinski definition) is 2. The first-order valence-corrected chi connectivity index (χ1v) is 6.66. The second-order valence-electron chi connectivity index (χ2n) is 4.37. The van der Waals surface area contributed by atoms with E-state index in [1.807, 2.05) is 38.1 Å². The van der Waals surface area contributed by atoms with E-state index in [0.29, 0.717) is 18.8 Å². The number of carbonyl (C=O) groups excluding carboxylic acids is 2. The molecule has 0 radical (unpaired) electrons. The summed E-state index contributed by atoms with van der Waals surface area (Å²) in [5.74, 6) is -0.439. The molecule has 1 heterocycles. The number of nitrogens with zero attached hydrogens (tertiary/aromatic N) is 2. The van der Waals surface area contributed by atoms with Crippen LogP contribution in [-0.2, 0) is 4.79 Å². The molecule has 0 saturated carbocycles. The van der Waals surface area contributed by atoms with Gasteiger partial charge in [-0.25, -0.2) is 0 Å². The van der Waals surface area contributed by atoms with Crippen molar-refractivity contribution in [2.45, 2.75) is 13.8 Å². The second kappa shape index (κ2) is 6.18. The van der Waals surface area contributed by atoms with Crippen molar-refractivity contribution in [3.05, 3.63) is 30.0 Å². The average molecular weight is 274 g/mol. The Morgan fingerprint density at radius 1 is 1.25 bits per heavy atom. The van der Waals surface area contributed by atoms with Crippen LogP contribution in [0.1, 0.15) is 24.3 Å². The van der Waals surface area contributed by atoms with Crippen molar-refractivity contribution in [2.24, 2.45) is 0 Å². The first kappa shape index (κ1) is 14.0. The highest BCUT2D eigenvalue weighted by atomic mass is 16.2. The van der Waals surface area contributed by atoms with Crippen molar-refractivity contribution in [1.82, 2.24) is 20.4 Å². The van der Waals surface area contributed by atoms with Crippen LogP contribution in [0.2, 0.25) is 0 Å². The zero-order valence-electron chi connectivity index (χ0n) is 11.6. The van der Waals surface area contributed by atoms with Crippen molar-refractivity contribution in [3.63, 3.8) is 0 Å². The molecule has 0 atom stereocenters. The SMILES string of the molecule is CCN(CC)C(=O)CNC(=O)c1n[nH]c2ccccc12. The number of likely N-dealkylation sites (N-methyl/N-ethyl adjacent to an activating group) is 1. The van der Waals surface area contributed by atoms with Crippen LogP contribution in [0, 0.1) is 0 Å². The molecule has 2 N–H and O–H groups in total. The molecule has 0 unspecified atom stereocenters. The predicted octanol–water partition coefficient (Wildman–Crippen LogP) is 1.16. The Morgan fingerprint density at radius 3 is 2.65 bits per heavy atom. The summed E-state index contributed by atoms with van der Waals surface area (Å²) in [6.45, 7) is 5.07. The van der Waals surface area contributed by atoms with E-state index in [9.17, 15) is 9.59 Å². The topological polar surface area (TPSA) is 78.1 Å². The van der Waals surface area contributed by atoms with Gasteiger partial charge < -0.3 is 10.2 Å². The Bertz CT molecular complexity index is 616. The van der Waals surface area contributed by atoms with E-state index < -0.39 is 0 Å². The fourth-order valence-electron chi connectivity index (χ4n) is 2.06. The van der Waals surface area contributed by atoms with Crippen molar-refractivity contribution in [3.8, 4) is 0 Å². The highest BCUT2D eigenvalue weighted by Gasteiger charge is 2.16. The number of aromatic amines is 1. The third-order valence-corrected chi connectivity index (χ3v) is 3.20. The Hall–Kier alpha value is -2.37. The minimum atomic E-state index is -0.344. The number of aromatic nitrogens is 2. The number of amides is 2. The quantitative estimate of drug-likeness (QED) is 0.859. The van der Waals surface area contributed by atoms with Crippen LogP contribution < -0.4 is 5.32 Å². The van der Waals surface area contributed by atoms with E-state index in [0.717, 1.165) is 10.9 Å². The summed E-state index contributed by atoms with van der Waals surface area (Å²) < 4.78 is 0. The zero-order chi connectivity index (χ0) is 14.5. The fourth-order valence-corrected chi connectivity index (χ4v) is 2.06. The summed E-state index contributed by atoms with van der Waals surface area (Å²) in [6.07, 6.45) is 0. The molecule has 1 aromatic heterocycles. The van der Waals surface area contributed by atoms with Gasteiger partial charge in [0.05, 0.1) is 12.1 Å². The average Bonchev–Trinajstić information content (AvgIpc) is 2.90. The Balaban J connectivity index is 2.04. The molecule has 2 rings (SSSR count). The number of rotatable bonds is 5. The minimum absolute atomic E-state index is 0.0122. The van der Waals surface area contributed by atoms with Crippen LogP contribution in [-0.4, -0.2) is 46.5 Å². The van der Waals surface area contributed by atoms with Crippen LogP contribution in [0.25, 0.3) is 10.9 Å². The molecule has 0 aliphatic heterocycles. The lowest BCUT2D eigenvalue weighted by Crippen LogP contribution is -2.40. The molecule has 0 bridgehead atoms. The van der Waals surface area contributed by atoms with Crippen LogP contribution >= 0.6 is 0 Å². The fraction of sp³-hybridized carbons (Fsp3) is 0.357. The Kier molecular flexibility index (Phi) is 4.34. The lowest BCUT2D eigenvalue weighted by Gasteiger charge is -2.18. The summed E-state index contributed by atoms with van der Waals surface area (Å²) in [7, 11) is 0. The molecule has 20 heavy (non-hydrogen) atoms. The van der Waals surface area contributed by atoms with Crippen molar-refractivity contribution >= 4 is 22.7 Å². The monoisotopic (exact) mass is 274 g/mol. The van der Waals surface area contributed by atoms with Gasteiger partial charge in [-0.1, -0.05) is 18.2 Å². The predicted molar refractivity (Wildman–Crippen MR) is 76.4 cm³/mol. The molecule has 2 amide bonds. The van der Waals surface area contributed by atoms with Gasteiger partial charge in [0.25, 0.3) is 5.91 Å². The highest BCUT2D eigenvalue weighted by molar-refractivity contribution is 6.05. The van der Waals surface area contributed by atoms with Gasteiger partial charge in [-0.15, -0.1) is 0 Å². The number of hydrogen-bond acceptors (Lipinski definition) is 3. The molecule has 0 fully saturated rings. The van der Waals surface area contributed by atoms with Gasteiger partial charge in [-0.3, -0.25) is 14.7 Å². The first-order chi connectivity index (χ1) is 9.67. The van der Waals surface area contributed by atoms with Gasteiger partial charge in [0.15, 0.2) is 5.69 Å². The van der Waals surface area contributed by atoms with Crippen molar-refractivity contribution in [2.75, 3.05) is 19.6 Å². The summed E-state index contributed by atoms with van der Waals surface area (Å²) in [4.78, 5) is 25.6. The number of para-hydroxylation sites is 1. The van der Waals surface area contributed by atoms with E-state index >= 15 is 0 Å². The summed E-state index contributed by atoms with van der Waals surface area (Å²) in [5, 5.41) is 10.2. The Labute approximate surface area is 117 Å². The van der Waals surface area contributed by atoms with E-state index in [1.165, 1.54) is 0 Å². The Morgan fingerprint density at radius 2 is 1.95 bits per heavy atom. The maximum Gasteiger partial charge on any atom is 0.272 e. The standard InChI is InChI=1S/C14H18N4O2/c1-3-18(4-2)12(19)9-15-14(20)13-10-7-5-6-8-11(10)16-17-13/h5-8H,3-4,9H2,1-2H3,(H,15,20)(H,16,17). The summed E-state index contributed by atoms with van der Waals surface area (Å²) in [6, 6.07) is 7.38. The van der Waals surface area contributed by atoms with Crippen LogP contribution in [0.4, 0.5) is 0 Å². The molecular formula is C14H18N4O2. The molecule has 0 aliphatic rings. The number of H-pyrrole nitrogens is 1. The van der Waals surface area contributed by atoms with Gasteiger partial charge in [0.1, 0.15) is 0 Å². The number of fused-ring (bicyclic) bond motifs is 1. The van der Waals surface area contributed by atoms with E-state index in [1.54, 1.807) is 4.90 Å². The lowest BCUT2D eigenvalue weighted by atomic mass is 10.2. The largest absolute Gasteiger partial charge is 0.342 e. The van der Waals surface area contributed by atoms with Crippen molar-refractivity contribution in [1.29, 1.82) is 0 Å². The van der Waals surface area contributed by atoms with Gasteiger partial charge in [0.2, 0.25) is 5.91 Å². The highest BCUT2D eigenvalue weighted by Crippen LogP contribution is 2.14. The van der Waals surface area contributed by atoms with Gasteiger partial charge >= 0.3 is 0 Å². The number of carbonyl (C=O) groups is 2. The molecule has 0 spiro atoms. The lowest BCUT2D eigenvalue weighted by molar-refractivity contribution is -0.129. The molecule has 0 aliphatic carbocycles. The van der Waals surface area contributed by atoms with Crippen LogP contribution in [0.5, 0.6) is 0 Å². The maximum atomic E-state index is 12.1. The second-order valence-corrected chi connectivity index (χ2v) is 4.37. The third-order valence-electron chi connectivity index (χ3n) is 3.20. The normalized spacial score (nSPS) is 10.5. The minimum Gasteiger partial charge on any atom is -0.342 e. The van der Waals surface area contributed by atoms with Crippen molar-refractivity contribution < 1.29 is 9.59 Å². The van der Waals surface area contributed by atoms with Gasteiger partial charge in [-0.2, -0.15) is 5.10 Å². The first-order valence-electron chi connectivity index (χ1n) is 6.66. The summed E-state index contributed by atoms with van der Waals surface area (Å²) in [5.41, 5.74) is 1.11. The number of benzene rings is 1. The molecule has 106 valence electrons. The molecular weight excluding hydrogens is 256 g/mol. The van der Waals surface area contributed by atoms with E-state index in [2.05, 4.69) is 15.5 Å². The van der Waals surface area contributed by atoms with E-state index in [4.69, 9.17) is 0 Å². The van der Waals surface area contributed by atoms with Gasteiger partial charge in [-0.05, 0) is 19.9 Å². The van der Waals surface area contributed by atoms with Crippen LogP contribution in [0.3, 0.4) is 0 Å². The molecule has 0 saturated heterocycles. The molecule has 6 heteroatoms. The third kappa shape index (κ3) is 2.79. The maximum absolute atomic E-state index is 12.1. The van der Waals surface area contributed by atoms with Gasteiger partial charge in [0, 0.05) is 18.5 Å². The molecule has 6 nitrogen and oxygen atoms in total. The number of nitrogens with one attached hydrogen (secondary N) is 2. The van der Waals surface area contributed by atoms with E-state index in [-0.39, 0.29) is 18.4 Å². The zero-order valence-corrected chi connectivity index (χ0v) is 11.6.